The SMILES string of the molecule is FC(F)(F)Oc1ccccc1CN1CCN(c2nccs2)CC1. The lowest BCUT2D eigenvalue weighted by atomic mass is 10.1. The molecule has 0 spiro atoms. The zero-order valence-corrected chi connectivity index (χ0v) is 13.1. The van der Waals surface area contributed by atoms with E-state index in [0.717, 1.165) is 31.3 Å². The predicted molar refractivity (Wildman–Crippen MR) is 82.7 cm³/mol. The molecule has 1 aromatic heterocycles. The first-order valence-electron chi connectivity index (χ1n) is 7.22. The molecule has 0 unspecified atom stereocenters. The molecular formula is C15H16F3N3OS. The Labute approximate surface area is 136 Å². The summed E-state index contributed by atoms with van der Waals surface area (Å²) < 4.78 is 41.5. The van der Waals surface area contributed by atoms with E-state index in [-0.39, 0.29) is 5.75 Å². The average Bonchev–Trinajstić information content (AvgIpc) is 3.03. The fourth-order valence-electron chi connectivity index (χ4n) is 2.57. The minimum absolute atomic E-state index is 0.123. The van der Waals surface area contributed by atoms with Gasteiger partial charge in [-0.25, -0.2) is 4.98 Å². The van der Waals surface area contributed by atoms with Crippen LogP contribution >= 0.6 is 11.3 Å². The Morgan fingerprint density at radius 1 is 1.13 bits per heavy atom. The number of piperazine rings is 1. The van der Waals surface area contributed by atoms with Crippen LogP contribution in [0.4, 0.5) is 18.3 Å². The van der Waals surface area contributed by atoms with Crippen molar-refractivity contribution >= 4 is 16.5 Å². The van der Waals surface area contributed by atoms with E-state index in [0.29, 0.717) is 12.1 Å². The Morgan fingerprint density at radius 3 is 2.52 bits per heavy atom. The summed E-state index contributed by atoms with van der Waals surface area (Å²) in [6.07, 6.45) is -2.89. The third-order valence-electron chi connectivity index (χ3n) is 3.65. The third-order valence-corrected chi connectivity index (χ3v) is 4.49. The summed E-state index contributed by atoms with van der Waals surface area (Å²) in [5.41, 5.74) is 0.549. The van der Waals surface area contributed by atoms with Gasteiger partial charge in [0.25, 0.3) is 0 Å². The van der Waals surface area contributed by atoms with Crippen LogP contribution in [-0.2, 0) is 6.54 Å². The van der Waals surface area contributed by atoms with Crippen LogP contribution in [0.3, 0.4) is 0 Å². The minimum atomic E-state index is -4.67. The molecule has 4 nitrogen and oxygen atoms in total. The molecule has 0 amide bonds. The van der Waals surface area contributed by atoms with Crippen LogP contribution in [-0.4, -0.2) is 42.4 Å². The second kappa shape index (κ2) is 6.76. The van der Waals surface area contributed by atoms with E-state index in [1.54, 1.807) is 35.7 Å². The van der Waals surface area contributed by atoms with Gasteiger partial charge >= 0.3 is 6.36 Å². The molecule has 0 N–H and O–H groups in total. The van der Waals surface area contributed by atoms with Crippen molar-refractivity contribution in [3.8, 4) is 5.75 Å². The molecule has 0 saturated carbocycles. The summed E-state index contributed by atoms with van der Waals surface area (Å²) in [5.74, 6) is -0.123. The summed E-state index contributed by atoms with van der Waals surface area (Å²) in [5, 5.41) is 2.93. The second-order valence-electron chi connectivity index (χ2n) is 5.23. The molecule has 1 fully saturated rings. The Balaban J connectivity index is 1.61. The Hall–Kier alpha value is -1.80. The number of benzene rings is 1. The maximum atomic E-state index is 12.5. The summed E-state index contributed by atoms with van der Waals surface area (Å²) >= 11 is 1.59. The van der Waals surface area contributed by atoms with Crippen LogP contribution in [0.5, 0.6) is 5.75 Å². The maximum absolute atomic E-state index is 12.5. The Bertz CT molecular complexity index is 625. The first-order chi connectivity index (χ1) is 11.0. The van der Waals surface area contributed by atoms with Gasteiger partial charge < -0.3 is 9.64 Å². The zero-order valence-electron chi connectivity index (χ0n) is 12.3. The molecule has 2 aromatic rings. The number of hydrogen-bond acceptors (Lipinski definition) is 5. The topological polar surface area (TPSA) is 28.6 Å². The van der Waals surface area contributed by atoms with Crippen LogP contribution in [0.25, 0.3) is 0 Å². The highest BCUT2D eigenvalue weighted by Crippen LogP contribution is 2.27. The van der Waals surface area contributed by atoms with E-state index >= 15 is 0 Å². The number of alkyl halides is 3. The van der Waals surface area contributed by atoms with Gasteiger partial charge in [-0.3, -0.25) is 4.90 Å². The van der Waals surface area contributed by atoms with Crippen molar-refractivity contribution in [3.05, 3.63) is 41.4 Å². The van der Waals surface area contributed by atoms with E-state index in [4.69, 9.17) is 0 Å². The van der Waals surface area contributed by atoms with E-state index in [1.807, 2.05) is 5.38 Å². The van der Waals surface area contributed by atoms with E-state index in [9.17, 15) is 13.2 Å². The van der Waals surface area contributed by atoms with Crippen LogP contribution in [0, 0.1) is 0 Å². The van der Waals surface area contributed by atoms with Gasteiger partial charge in [-0.1, -0.05) is 18.2 Å². The summed E-state index contributed by atoms with van der Waals surface area (Å²) in [4.78, 5) is 8.61. The van der Waals surface area contributed by atoms with Gasteiger partial charge in [0.2, 0.25) is 0 Å². The monoisotopic (exact) mass is 343 g/mol. The van der Waals surface area contributed by atoms with Gasteiger partial charge in [0.05, 0.1) is 0 Å². The van der Waals surface area contributed by atoms with Crippen molar-refractivity contribution in [1.29, 1.82) is 0 Å². The number of aromatic nitrogens is 1. The predicted octanol–water partition coefficient (Wildman–Crippen LogP) is 3.36. The standard InChI is InChI=1S/C15H16F3N3OS/c16-15(17,18)22-13-4-2-1-3-12(13)11-20-6-8-21(9-7-20)14-19-5-10-23-14/h1-5,10H,6-9,11H2. The average molecular weight is 343 g/mol. The Kier molecular flexibility index (Phi) is 4.72. The summed E-state index contributed by atoms with van der Waals surface area (Å²) in [6, 6.07) is 6.30. The third kappa shape index (κ3) is 4.35. The van der Waals surface area contributed by atoms with Crippen LogP contribution < -0.4 is 9.64 Å². The quantitative estimate of drug-likeness (QED) is 0.851. The summed E-state index contributed by atoms with van der Waals surface area (Å²) in [7, 11) is 0. The highest BCUT2D eigenvalue weighted by Gasteiger charge is 2.32. The van der Waals surface area contributed by atoms with Crippen molar-refractivity contribution in [2.75, 3.05) is 31.1 Å². The van der Waals surface area contributed by atoms with E-state index in [2.05, 4.69) is 19.5 Å². The first kappa shape index (κ1) is 16.1. The molecule has 23 heavy (non-hydrogen) atoms. The fourth-order valence-corrected chi connectivity index (χ4v) is 3.27. The van der Waals surface area contributed by atoms with Gasteiger partial charge in [0.1, 0.15) is 5.75 Å². The van der Waals surface area contributed by atoms with Gasteiger partial charge in [0, 0.05) is 49.9 Å². The largest absolute Gasteiger partial charge is 0.573 e. The molecule has 8 heteroatoms. The number of thiazole rings is 1. The minimum Gasteiger partial charge on any atom is -0.405 e. The van der Waals surface area contributed by atoms with Gasteiger partial charge in [-0.05, 0) is 6.07 Å². The smallest absolute Gasteiger partial charge is 0.405 e. The van der Waals surface area contributed by atoms with Crippen LogP contribution in [0.2, 0.25) is 0 Å². The molecule has 1 saturated heterocycles. The molecule has 0 bridgehead atoms. The molecular weight excluding hydrogens is 327 g/mol. The van der Waals surface area contributed by atoms with Gasteiger partial charge in [0.15, 0.2) is 5.13 Å². The zero-order chi connectivity index (χ0) is 16.3. The molecule has 1 aromatic carbocycles. The van der Waals surface area contributed by atoms with Crippen molar-refractivity contribution in [3.63, 3.8) is 0 Å². The fraction of sp³-hybridized carbons (Fsp3) is 0.400. The second-order valence-corrected chi connectivity index (χ2v) is 6.11. The van der Waals surface area contributed by atoms with Crippen LogP contribution in [0.15, 0.2) is 35.8 Å². The maximum Gasteiger partial charge on any atom is 0.573 e. The van der Waals surface area contributed by atoms with Gasteiger partial charge in [-0.2, -0.15) is 0 Å². The normalized spacial score (nSPS) is 16.6. The number of ether oxygens (including phenoxy) is 1. The molecule has 1 aliphatic heterocycles. The molecule has 3 rings (SSSR count). The lowest BCUT2D eigenvalue weighted by Crippen LogP contribution is -2.46. The molecule has 0 aliphatic carbocycles. The molecule has 0 atom stereocenters. The highest BCUT2D eigenvalue weighted by molar-refractivity contribution is 7.13. The molecule has 124 valence electrons. The number of rotatable bonds is 4. The van der Waals surface area contributed by atoms with Crippen molar-refractivity contribution in [1.82, 2.24) is 9.88 Å². The highest BCUT2D eigenvalue weighted by atomic mass is 32.1. The lowest BCUT2D eigenvalue weighted by Gasteiger charge is -2.34. The lowest BCUT2D eigenvalue weighted by molar-refractivity contribution is -0.275. The number of halogens is 3. The Morgan fingerprint density at radius 2 is 1.87 bits per heavy atom. The van der Waals surface area contributed by atoms with Gasteiger partial charge in [-0.15, -0.1) is 24.5 Å². The van der Waals surface area contributed by atoms with Crippen LogP contribution in [0.1, 0.15) is 5.56 Å². The number of para-hydroxylation sites is 1. The first-order valence-corrected chi connectivity index (χ1v) is 8.10. The van der Waals surface area contributed by atoms with Crippen molar-refractivity contribution < 1.29 is 17.9 Å². The molecule has 2 heterocycles. The number of hydrogen-bond donors (Lipinski definition) is 0. The molecule has 0 radical (unpaired) electrons. The van der Waals surface area contributed by atoms with Crippen molar-refractivity contribution in [2.24, 2.45) is 0 Å². The van der Waals surface area contributed by atoms with E-state index < -0.39 is 6.36 Å². The van der Waals surface area contributed by atoms with E-state index in [1.165, 1.54) is 6.07 Å². The van der Waals surface area contributed by atoms with Crippen molar-refractivity contribution in [2.45, 2.75) is 12.9 Å². The number of nitrogens with zero attached hydrogens (tertiary/aromatic N) is 3. The number of anilines is 1. The summed E-state index contributed by atoms with van der Waals surface area (Å²) in [6.45, 7) is 3.63. The molecule has 1 aliphatic rings.